The maximum atomic E-state index is 4.15. The second-order valence-corrected chi connectivity index (χ2v) is 2.84. The molecule has 1 unspecified atom stereocenters. The molecule has 0 bridgehead atoms. The lowest BCUT2D eigenvalue weighted by molar-refractivity contribution is 0.733. The minimum atomic E-state index is 0.699. The highest BCUT2D eigenvalue weighted by molar-refractivity contribution is 5.00. The minimum Gasteiger partial charge on any atom is -0.201 e. The number of unbranched alkanes of at least 4 members (excludes halogenated alkanes) is 1. The van der Waals surface area contributed by atoms with Gasteiger partial charge in [-0.2, -0.15) is 4.90 Å². The zero-order chi connectivity index (χ0) is 7.40. The van der Waals surface area contributed by atoms with Gasteiger partial charge in [-0.1, -0.05) is 13.3 Å². The molecule has 1 atom stereocenters. The Bertz CT molecular complexity index is 154. The lowest BCUT2D eigenvalue weighted by atomic mass is 10.3. The highest BCUT2D eigenvalue weighted by atomic mass is 15.3. The Morgan fingerprint density at radius 3 is 2.90 bits per heavy atom. The maximum absolute atomic E-state index is 4.15. The monoisotopic (exact) mass is 139 g/mol. The molecule has 0 spiro atoms. The van der Waals surface area contributed by atoms with Gasteiger partial charge in [0.1, 0.15) is 12.6 Å². The molecule has 1 saturated heterocycles. The average molecular weight is 139 g/mol. The Hall–Kier alpha value is -0.710. The van der Waals surface area contributed by atoms with Gasteiger partial charge in [-0.25, -0.2) is 4.85 Å². The van der Waals surface area contributed by atoms with E-state index in [0.29, 0.717) is 6.04 Å². The SMILES string of the molecule is CCCC[N+]#CN1CC1C. The van der Waals surface area contributed by atoms with E-state index in [0.717, 1.165) is 13.1 Å². The zero-order valence-corrected chi connectivity index (χ0v) is 6.80. The van der Waals surface area contributed by atoms with Crippen molar-refractivity contribution in [3.63, 3.8) is 0 Å². The fourth-order valence-corrected chi connectivity index (χ4v) is 0.755. The molecule has 56 valence electrons. The molecule has 2 nitrogen and oxygen atoms in total. The van der Waals surface area contributed by atoms with Crippen LogP contribution in [0.1, 0.15) is 26.7 Å². The first-order valence-electron chi connectivity index (χ1n) is 4.03. The van der Waals surface area contributed by atoms with Crippen LogP contribution >= 0.6 is 0 Å². The summed E-state index contributed by atoms with van der Waals surface area (Å²) in [6.07, 6.45) is 5.41. The molecule has 0 aromatic rings. The van der Waals surface area contributed by atoms with Crippen LogP contribution in [0.25, 0.3) is 4.85 Å². The van der Waals surface area contributed by atoms with Gasteiger partial charge in [0.2, 0.25) is 0 Å². The minimum absolute atomic E-state index is 0.699. The molecule has 0 radical (unpaired) electrons. The van der Waals surface area contributed by atoms with Crippen LogP contribution in [0.5, 0.6) is 0 Å². The summed E-state index contributed by atoms with van der Waals surface area (Å²) >= 11 is 0. The second kappa shape index (κ2) is 3.46. The topological polar surface area (TPSA) is 7.37 Å². The van der Waals surface area contributed by atoms with Gasteiger partial charge in [-0.15, -0.1) is 0 Å². The molecular weight excluding hydrogens is 124 g/mol. The third kappa shape index (κ3) is 2.26. The van der Waals surface area contributed by atoms with E-state index in [1.165, 1.54) is 12.8 Å². The number of rotatable bonds is 2. The van der Waals surface area contributed by atoms with Gasteiger partial charge < -0.3 is 0 Å². The molecule has 1 heterocycles. The van der Waals surface area contributed by atoms with Gasteiger partial charge >= 0.3 is 6.19 Å². The van der Waals surface area contributed by atoms with E-state index in [1.54, 1.807) is 0 Å². The van der Waals surface area contributed by atoms with Gasteiger partial charge in [-0.05, 0) is 6.92 Å². The van der Waals surface area contributed by atoms with Crippen molar-refractivity contribution in [2.45, 2.75) is 32.7 Å². The summed E-state index contributed by atoms with van der Waals surface area (Å²) in [5.41, 5.74) is 0. The summed E-state index contributed by atoms with van der Waals surface area (Å²) in [6, 6.07) is 0.699. The third-order valence-corrected chi connectivity index (χ3v) is 1.68. The van der Waals surface area contributed by atoms with Crippen LogP contribution in [0.2, 0.25) is 0 Å². The molecule has 1 aliphatic rings. The van der Waals surface area contributed by atoms with Gasteiger partial charge in [-0.3, -0.25) is 0 Å². The van der Waals surface area contributed by atoms with Crippen molar-refractivity contribution in [1.82, 2.24) is 4.90 Å². The molecule has 0 aromatic heterocycles. The predicted molar refractivity (Wildman–Crippen MR) is 43.2 cm³/mol. The van der Waals surface area contributed by atoms with Gasteiger partial charge in [0.05, 0.1) is 0 Å². The normalized spacial score (nSPS) is 21.8. The van der Waals surface area contributed by atoms with Crippen molar-refractivity contribution in [1.29, 1.82) is 0 Å². The molecule has 0 saturated carbocycles. The smallest absolute Gasteiger partial charge is 0.201 e. The summed E-state index contributed by atoms with van der Waals surface area (Å²) in [5, 5.41) is 0. The Labute approximate surface area is 62.7 Å². The van der Waals surface area contributed by atoms with Crippen LogP contribution in [-0.2, 0) is 0 Å². The van der Waals surface area contributed by atoms with E-state index in [9.17, 15) is 0 Å². The standard InChI is InChI=1S/C8H15N2/c1-3-4-5-9-7-10-6-8(10)2/h8H,3-6H2,1-2H3/q+1. The Morgan fingerprint density at radius 2 is 2.40 bits per heavy atom. The number of nitrogens with zero attached hydrogens (tertiary/aromatic N) is 2. The fraction of sp³-hybridized carbons (Fsp3) is 0.875. The highest BCUT2D eigenvalue weighted by Gasteiger charge is 2.36. The van der Waals surface area contributed by atoms with E-state index < -0.39 is 0 Å². The van der Waals surface area contributed by atoms with Gasteiger partial charge in [0.15, 0.2) is 6.54 Å². The van der Waals surface area contributed by atoms with E-state index in [2.05, 4.69) is 29.8 Å². The Morgan fingerprint density at radius 1 is 1.70 bits per heavy atom. The Balaban J connectivity index is 2.03. The number of hydrogen-bond donors (Lipinski definition) is 0. The molecule has 0 amide bonds. The third-order valence-electron chi connectivity index (χ3n) is 1.68. The van der Waals surface area contributed by atoms with Crippen LogP contribution in [0, 0.1) is 6.19 Å². The molecule has 10 heavy (non-hydrogen) atoms. The molecule has 1 aliphatic heterocycles. The molecule has 0 N–H and O–H groups in total. The fourth-order valence-electron chi connectivity index (χ4n) is 0.755. The van der Waals surface area contributed by atoms with Crippen molar-refractivity contribution < 1.29 is 0 Å². The summed E-state index contributed by atoms with van der Waals surface area (Å²) in [6.45, 7) is 6.45. The number of hydrogen-bond acceptors (Lipinski definition) is 1. The van der Waals surface area contributed by atoms with Crippen LogP contribution < -0.4 is 0 Å². The molecule has 0 aliphatic carbocycles. The van der Waals surface area contributed by atoms with Crippen molar-refractivity contribution >= 4 is 0 Å². The molecular formula is C8H15N2+. The largest absolute Gasteiger partial charge is 0.371 e. The summed E-state index contributed by atoms with van der Waals surface area (Å²) in [7, 11) is 0. The second-order valence-electron chi connectivity index (χ2n) is 2.84. The van der Waals surface area contributed by atoms with E-state index >= 15 is 0 Å². The summed E-state index contributed by atoms with van der Waals surface area (Å²) in [4.78, 5) is 6.27. The Kier molecular flexibility index (Phi) is 2.56. The summed E-state index contributed by atoms with van der Waals surface area (Å²) in [5.74, 6) is 0. The average Bonchev–Trinajstić information content (AvgIpc) is 2.60. The quantitative estimate of drug-likeness (QED) is 0.321. The van der Waals surface area contributed by atoms with Crippen molar-refractivity contribution in [2.24, 2.45) is 0 Å². The van der Waals surface area contributed by atoms with Crippen molar-refractivity contribution in [3.05, 3.63) is 4.85 Å². The first kappa shape index (κ1) is 7.40. The van der Waals surface area contributed by atoms with Crippen LogP contribution in [0.3, 0.4) is 0 Å². The highest BCUT2D eigenvalue weighted by Crippen LogP contribution is 2.13. The van der Waals surface area contributed by atoms with E-state index in [4.69, 9.17) is 0 Å². The van der Waals surface area contributed by atoms with Crippen LogP contribution in [0.15, 0.2) is 0 Å². The molecule has 0 aromatic carbocycles. The summed E-state index contributed by atoms with van der Waals surface area (Å²) < 4.78 is 0. The predicted octanol–water partition coefficient (Wildman–Crippen LogP) is 1.78. The van der Waals surface area contributed by atoms with Crippen LogP contribution in [-0.4, -0.2) is 24.0 Å². The molecule has 1 fully saturated rings. The van der Waals surface area contributed by atoms with Crippen LogP contribution in [0.4, 0.5) is 0 Å². The first-order valence-corrected chi connectivity index (χ1v) is 4.03. The van der Waals surface area contributed by atoms with E-state index in [1.807, 2.05) is 0 Å². The zero-order valence-electron chi connectivity index (χ0n) is 6.80. The molecule has 1 rings (SSSR count). The van der Waals surface area contributed by atoms with Gasteiger partial charge in [0, 0.05) is 6.42 Å². The van der Waals surface area contributed by atoms with Crippen molar-refractivity contribution in [2.75, 3.05) is 13.1 Å². The maximum Gasteiger partial charge on any atom is 0.371 e. The lowest BCUT2D eigenvalue weighted by Gasteiger charge is -1.77. The first-order chi connectivity index (χ1) is 4.84. The van der Waals surface area contributed by atoms with Gasteiger partial charge in [0.25, 0.3) is 0 Å². The van der Waals surface area contributed by atoms with Crippen molar-refractivity contribution in [3.8, 4) is 6.19 Å². The lowest BCUT2D eigenvalue weighted by Crippen LogP contribution is -1.86. The van der Waals surface area contributed by atoms with E-state index in [-0.39, 0.29) is 0 Å². The molecule has 2 heteroatoms.